The van der Waals surface area contributed by atoms with Gasteiger partial charge in [-0.05, 0) is 13.5 Å². The third kappa shape index (κ3) is 2.04. The van der Waals surface area contributed by atoms with Crippen molar-refractivity contribution < 1.29 is 13.2 Å². The number of nitrogens with one attached hydrogen (secondary N) is 1. The minimum Gasteiger partial charge on any atom is -0.314 e. The van der Waals surface area contributed by atoms with Crippen LogP contribution < -0.4 is 5.32 Å². The normalized spacial score (nSPS) is 20.9. The topological polar surface area (TPSA) is 42.7 Å². The van der Waals surface area contributed by atoms with Crippen LogP contribution in [-0.2, 0) is 19.5 Å². The van der Waals surface area contributed by atoms with Crippen LogP contribution in [0.15, 0.2) is 0 Å². The molecule has 1 aliphatic rings. The zero-order valence-corrected chi connectivity index (χ0v) is 8.88. The van der Waals surface area contributed by atoms with E-state index in [4.69, 9.17) is 0 Å². The summed E-state index contributed by atoms with van der Waals surface area (Å²) < 4.78 is 39.3. The highest BCUT2D eigenvalue weighted by Crippen LogP contribution is 2.34. The molecular weight excluding hydrogens is 221 g/mol. The van der Waals surface area contributed by atoms with Gasteiger partial charge in [0.25, 0.3) is 0 Å². The first-order valence-electron chi connectivity index (χ1n) is 5.14. The minimum atomic E-state index is -4.12. The summed E-state index contributed by atoms with van der Waals surface area (Å²) in [6, 6.07) is 0. The molecule has 1 atom stereocenters. The van der Waals surface area contributed by atoms with E-state index < -0.39 is 12.1 Å². The predicted molar refractivity (Wildman–Crippen MR) is 50.7 cm³/mol. The first kappa shape index (κ1) is 11.4. The number of hydrogen-bond acceptors (Lipinski definition) is 3. The van der Waals surface area contributed by atoms with Gasteiger partial charge in [-0.25, -0.2) is 0 Å². The molecule has 0 aliphatic carbocycles. The van der Waals surface area contributed by atoms with Crippen molar-refractivity contribution in [3.63, 3.8) is 0 Å². The number of fused-ring (bicyclic) bond motifs is 1. The van der Waals surface area contributed by atoms with E-state index in [1.165, 1.54) is 0 Å². The lowest BCUT2D eigenvalue weighted by atomic mass is 9.97. The van der Waals surface area contributed by atoms with Crippen LogP contribution in [0, 0.1) is 5.92 Å². The second-order valence-corrected chi connectivity index (χ2v) is 3.95. The van der Waals surface area contributed by atoms with Crippen LogP contribution in [0.3, 0.4) is 0 Å². The standard InChI is InChI=1S/C9H13F3N4/c1-13-5-8-15-14-7-4-6(9(10,11)12)2-3-16(7)8/h6,13H,2-5H2,1H3/t6-/m1/s1. The van der Waals surface area contributed by atoms with Crippen molar-refractivity contribution in [1.82, 2.24) is 20.1 Å². The average molecular weight is 234 g/mol. The molecule has 0 amide bonds. The third-order valence-electron chi connectivity index (χ3n) is 2.83. The second-order valence-electron chi connectivity index (χ2n) is 3.95. The molecule has 4 nitrogen and oxygen atoms in total. The fourth-order valence-corrected chi connectivity index (χ4v) is 1.96. The van der Waals surface area contributed by atoms with Gasteiger partial charge in [-0.1, -0.05) is 0 Å². The van der Waals surface area contributed by atoms with Gasteiger partial charge in [0.05, 0.1) is 12.5 Å². The van der Waals surface area contributed by atoms with Crippen molar-refractivity contribution in [2.24, 2.45) is 5.92 Å². The molecule has 0 saturated heterocycles. The average Bonchev–Trinajstić information content (AvgIpc) is 2.60. The molecule has 16 heavy (non-hydrogen) atoms. The molecule has 1 N–H and O–H groups in total. The molecule has 1 aliphatic heterocycles. The van der Waals surface area contributed by atoms with Crippen LogP contribution in [0.2, 0.25) is 0 Å². The van der Waals surface area contributed by atoms with Crippen molar-refractivity contribution in [1.29, 1.82) is 0 Å². The smallest absolute Gasteiger partial charge is 0.314 e. The number of aromatic nitrogens is 3. The van der Waals surface area contributed by atoms with Gasteiger partial charge >= 0.3 is 6.18 Å². The van der Waals surface area contributed by atoms with E-state index in [0.29, 0.717) is 24.7 Å². The maximum absolute atomic E-state index is 12.5. The summed E-state index contributed by atoms with van der Waals surface area (Å²) in [6.45, 7) is 0.882. The van der Waals surface area contributed by atoms with Crippen LogP contribution in [0.25, 0.3) is 0 Å². The number of rotatable bonds is 2. The SMILES string of the molecule is CNCc1nnc2n1CC[C@@H](C(F)(F)F)C2. The Labute approximate surface area is 90.9 Å². The highest BCUT2D eigenvalue weighted by Gasteiger charge is 2.42. The maximum atomic E-state index is 12.5. The Kier molecular flexibility index (Phi) is 2.88. The van der Waals surface area contributed by atoms with Crippen LogP contribution in [0.1, 0.15) is 18.1 Å². The molecule has 0 spiro atoms. The van der Waals surface area contributed by atoms with Crippen molar-refractivity contribution in [3.05, 3.63) is 11.6 Å². The zero-order chi connectivity index (χ0) is 11.8. The molecule has 0 bridgehead atoms. The number of alkyl halides is 3. The summed E-state index contributed by atoms with van der Waals surface area (Å²) in [5, 5.41) is 10.6. The van der Waals surface area contributed by atoms with Crippen molar-refractivity contribution >= 4 is 0 Å². The quantitative estimate of drug-likeness (QED) is 0.834. The van der Waals surface area contributed by atoms with E-state index in [1.807, 2.05) is 0 Å². The van der Waals surface area contributed by atoms with E-state index in [-0.39, 0.29) is 12.8 Å². The molecule has 2 rings (SSSR count). The summed E-state index contributed by atoms with van der Waals surface area (Å²) in [5.41, 5.74) is 0. The zero-order valence-electron chi connectivity index (χ0n) is 8.88. The van der Waals surface area contributed by atoms with Gasteiger partial charge in [-0.15, -0.1) is 10.2 Å². The van der Waals surface area contributed by atoms with E-state index >= 15 is 0 Å². The predicted octanol–water partition coefficient (Wildman–Crippen LogP) is 1.12. The van der Waals surface area contributed by atoms with Gasteiger partial charge in [-0.2, -0.15) is 13.2 Å². The summed E-state index contributed by atoms with van der Waals surface area (Å²) >= 11 is 0. The first-order valence-corrected chi connectivity index (χ1v) is 5.14. The Morgan fingerprint density at radius 1 is 1.44 bits per heavy atom. The first-order chi connectivity index (χ1) is 7.52. The second kappa shape index (κ2) is 4.04. The Morgan fingerprint density at radius 2 is 2.19 bits per heavy atom. The molecule has 7 heteroatoms. The lowest BCUT2D eigenvalue weighted by molar-refractivity contribution is -0.179. The Bertz CT molecular complexity index is 371. The maximum Gasteiger partial charge on any atom is 0.392 e. The molecule has 0 unspecified atom stereocenters. The van der Waals surface area contributed by atoms with E-state index in [9.17, 15) is 13.2 Å². The van der Waals surface area contributed by atoms with E-state index in [2.05, 4.69) is 15.5 Å². The monoisotopic (exact) mass is 234 g/mol. The Hall–Kier alpha value is -1.11. The molecular formula is C9H13F3N4. The van der Waals surface area contributed by atoms with Crippen LogP contribution in [0.4, 0.5) is 13.2 Å². The highest BCUT2D eigenvalue weighted by atomic mass is 19.4. The summed E-state index contributed by atoms with van der Waals surface area (Å²) in [7, 11) is 1.77. The van der Waals surface area contributed by atoms with Crippen molar-refractivity contribution in [2.45, 2.75) is 32.1 Å². The molecule has 0 aromatic carbocycles. The number of halogens is 3. The molecule has 0 saturated carbocycles. The molecule has 0 radical (unpaired) electrons. The van der Waals surface area contributed by atoms with Gasteiger partial charge < -0.3 is 9.88 Å². The molecule has 1 aromatic heterocycles. The molecule has 1 aromatic rings. The summed E-state index contributed by atoms with van der Waals surface area (Å²) in [6.07, 6.45) is -4.06. The number of nitrogens with zero attached hydrogens (tertiary/aromatic N) is 3. The molecule has 90 valence electrons. The van der Waals surface area contributed by atoms with E-state index in [0.717, 1.165) is 0 Å². The molecule has 0 fully saturated rings. The van der Waals surface area contributed by atoms with E-state index in [1.54, 1.807) is 11.6 Å². The fourth-order valence-electron chi connectivity index (χ4n) is 1.96. The van der Waals surface area contributed by atoms with Crippen molar-refractivity contribution in [2.75, 3.05) is 7.05 Å². The third-order valence-corrected chi connectivity index (χ3v) is 2.83. The van der Waals surface area contributed by atoms with Gasteiger partial charge in [0.2, 0.25) is 0 Å². The van der Waals surface area contributed by atoms with Crippen molar-refractivity contribution in [3.8, 4) is 0 Å². The fraction of sp³-hybridized carbons (Fsp3) is 0.778. The number of hydrogen-bond donors (Lipinski definition) is 1. The highest BCUT2D eigenvalue weighted by molar-refractivity contribution is 5.01. The molecule has 2 heterocycles. The largest absolute Gasteiger partial charge is 0.392 e. The van der Waals surface area contributed by atoms with Gasteiger partial charge in [0.15, 0.2) is 0 Å². The minimum absolute atomic E-state index is 0.0553. The summed E-state index contributed by atoms with van der Waals surface area (Å²) in [4.78, 5) is 0. The van der Waals surface area contributed by atoms with Crippen LogP contribution in [-0.4, -0.2) is 28.0 Å². The Balaban J connectivity index is 2.17. The van der Waals surface area contributed by atoms with Crippen LogP contribution in [0.5, 0.6) is 0 Å². The van der Waals surface area contributed by atoms with Gasteiger partial charge in [-0.3, -0.25) is 0 Å². The lowest BCUT2D eigenvalue weighted by Gasteiger charge is -2.25. The summed E-state index contributed by atoms with van der Waals surface area (Å²) in [5.74, 6) is -0.122. The van der Waals surface area contributed by atoms with Gasteiger partial charge in [0, 0.05) is 13.0 Å². The van der Waals surface area contributed by atoms with Crippen LogP contribution >= 0.6 is 0 Å². The Morgan fingerprint density at radius 3 is 2.81 bits per heavy atom. The lowest BCUT2D eigenvalue weighted by Crippen LogP contribution is -2.32. The van der Waals surface area contributed by atoms with Gasteiger partial charge in [0.1, 0.15) is 11.6 Å².